The number of unbranched alkanes of at least 4 members (excludes halogenated alkanes) is 1. The second-order valence-corrected chi connectivity index (χ2v) is 5.06. The number of amides is 3. The lowest BCUT2D eigenvalue weighted by Gasteiger charge is -2.22. The highest BCUT2D eigenvalue weighted by Crippen LogP contribution is 2.23. The van der Waals surface area contributed by atoms with Crippen molar-refractivity contribution >= 4 is 17.9 Å². The number of carbonyl (C=O) groups excluding carboxylic acids is 2. The Bertz CT molecular complexity index is 536. The number of carboxylic acid groups (broad SMARTS) is 1. The smallest absolute Gasteiger partial charge is 0.404 e. The van der Waals surface area contributed by atoms with Crippen LogP contribution in [0, 0.1) is 0 Å². The van der Waals surface area contributed by atoms with Gasteiger partial charge in [0.15, 0.2) is 0 Å². The first-order valence-electron chi connectivity index (χ1n) is 6.99. The first-order valence-corrected chi connectivity index (χ1v) is 6.99. The van der Waals surface area contributed by atoms with Crippen molar-refractivity contribution in [2.24, 2.45) is 0 Å². The van der Waals surface area contributed by atoms with Crippen LogP contribution in [0.2, 0.25) is 0 Å². The van der Waals surface area contributed by atoms with Crippen LogP contribution in [0.5, 0.6) is 0 Å². The molecule has 0 radical (unpaired) electrons. The summed E-state index contributed by atoms with van der Waals surface area (Å²) in [7, 11) is 0. The van der Waals surface area contributed by atoms with E-state index < -0.39 is 12.1 Å². The first-order chi connectivity index (χ1) is 10.0. The zero-order chi connectivity index (χ0) is 15.4. The molecule has 0 saturated carbocycles. The summed E-state index contributed by atoms with van der Waals surface area (Å²) in [6, 6.07) is 6.20. The molecular formula is C15H18N2O4. The monoisotopic (exact) mass is 290 g/mol. The molecule has 2 rings (SSSR count). The summed E-state index contributed by atoms with van der Waals surface area (Å²) in [5, 5.41) is 11.2. The number of hydrogen-bond donors (Lipinski definition) is 2. The third kappa shape index (κ3) is 3.21. The number of nitrogens with zero attached hydrogens (tertiary/aromatic N) is 1. The van der Waals surface area contributed by atoms with E-state index in [1.807, 2.05) is 6.92 Å². The van der Waals surface area contributed by atoms with Crippen LogP contribution >= 0.6 is 0 Å². The van der Waals surface area contributed by atoms with E-state index in [-0.39, 0.29) is 18.4 Å². The van der Waals surface area contributed by atoms with Crippen molar-refractivity contribution in [1.29, 1.82) is 0 Å². The van der Waals surface area contributed by atoms with Gasteiger partial charge in [-0.25, -0.2) is 4.79 Å². The van der Waals surface area contributed by atoms with E-state index >= 15 is 0 Å². The van der Waals surface area contributed by atoms with Gasteiger partial charge >= 0.3 is 6.09 Å². The van der Waals surface area contributed by atoms with Crippen molar-refractivity contribution in [3.05, 3.63) is 35.4 Å². The summed E-state index contributed by atoms with van der Waals surface area (Å²) < 4.78 is 0. The summed E-state index contributed by atoms with van der Waals surface area (Å²) >= 11 is 0. The highest BCUT2D eigenvalue weighted by molar-refractivity contribution is 6.21. The van der Waals surface area contributed by atoms with Crippen molar-refractivity contribution in [1.82, 2.24) is 10.2 Å². The number of carbonyl (C=O) groups is 3. The topological polar surface area (TPSA) is 86.7 Å². The second kappa shape index (κ2) is 6.39. The lowest BCUT2D eigenvalue weighted by molar-refractivity contribution is 0.0634. The van der Waals surface area contributed by atoms with Crippen molar-refractivity contribution in [3.63, 3.8) is 0 Å². The van der Waals surface area contributed by atoms with Gasteiger partial charge in [-0.1, -0.05) is 31.9 Å². The normalized spacial score (nSPS) is 15.0. The fourth-order valence-corrected chi connectivity index (χ4v) is 2.46. The van der Waals surface area contributed by atoms with Gasteiger partial charge in [-0.2, -0.15) is 0 Å². The van der Waals surface area contributed by atoms with E-state index in [2.05, 4.69) is 5.32 Å². The van der Waals surface area contributed by atoms with Crippen molar-refractivity contribution in [3.8, 4) is 0 Å². The molecule has 6 nitrogen and oxygen atoms in total. The Labute approximate surface area is 122 Å². The molecule has 21 heavy (non-hydrogen) atoms. The highest BCUT2D eigenvalue weighted by Gasteiger charge is 2.36. The SMILES string of the molecule is CCCC[C@H](CN1C(=O)c2ccccc2C1=O)NC(=O)O. The molecule has 1 atom stereocenters. The predicted octanol–water partition coefficient (Wildman–Crippen LogP) is 2.11. The van der Waals surface area contributed by atoms with Crippen molar-refractivity contribution < 1.29 is 19.5 Å². The molecule has 0 aliphatic carbocycles. The summed E-state index contributed by atoms with van der Waals surface area (Å²) in [6.07, 6.45) is 1.19. The molecular weight excluding hydrogens is 272 g/mol. The van der Waals surface area contributed by atoms with E-state index in [1.54, 1.807) is 24.3 Å². The maximum absolute atomic E-state index is 12.2. The van der Waals surface area contributed by atoms with Gasteiger partial charge in [0.2, 0.25) is 0 Å². The average Bonchev–Trinajstić information content (AvgIpc) is 2.70. The zero-order valence-electron chi connectivity index (χ0n) is 11.8. The maximum atomic E-state index is 12.2. The molecule has 0 unspecified atom stereocenters. The summed E-state index contributed by atoms with van der Waals surface area (Å²) in [6.45, 7) is 2.07. The number of fused-ring (bicyclic) bond motifs is 1. The predicted molar refractivity (Wildman–Crippen MR) is 76.3 cm³/mol. The van der Waals surface area contributed by atoms with E-state index in [0.717, 1.165) is 17.7 Å². The summed E-state index contributed by atoms with van der Waals surface area (Å²) in [4.78, 5) is 36.4. The largest absolute Gasteiger partial charge is 0.465 e. The molecule has 0 fully saturated rings. The van der Waals surface area contributed by atoms with E-state index in [9.17, 15) is 14.4 Å². The minimum absolute atomic E-state index is 0.0681. The Hall–Kier alpha value is -2.37. The Balaban J connectivity index is 2.13. The Morgan fingerprint density at radius 2 is 1.81 bits per heavy atom. The van der Waals surface area contributed by atoms with Crippen LogP contribution in [0.4, 0.5) is 4.79 Å². The lowest BCUT2D eigenvalue weighted by Crippen LogP contribution is -2.45. The fraction of sp³-hybridized carbons (Fsp3) is 0.400. The van der Waals surface area contributed by atoms with Crippen LogP contribution in [0.25, 0.3) is 0 Å². The average molecular weight is 290 g/mol. The molecule has 3 amide bonds. The number of nitrogens with one attached hydrogen (secondary N) is 1. The van der Waals surface area contributed by atoms with Crippen LogP contribution in [-0.4, -0.2) is 40.5 Å². The minimum Gasteiger partial charge on any atom is -0.465 e. The van der Waals surface area contributed by atoms with Gasteiger partial charge in [-0.05, 0) is 18.6 Å². The molecule has 6 heteroatoms. The first kappa shape index (κ1) is 15.0. The van der Waals surface area contributed by atoms with E-state index in [4.69, 9.17) is 5.11 Å². The van der Waals surface area contributed by atoms with E-state index in [0.29, 0.717) is 17.5 Å². The number of benzene rings is 1. The minimum atomic E-state index is -1.15. The van der Waals surface area contributed by atoms with Crippen molar-refractivity contribution in [2.45, 2.75) is 32.2 Å². The van der Waals surface area contributed by atoms with Crippen LogP contribution in [0.15, 0.2) is 24.3 Å². The molecule has 1 aliphatic heterocycles. The van der Waals surface area contributed by atoms with Gasteiger partial charge in [0, 0.05) is 6.54 Å². The zero-order valence-corrected chi connectivity index (χ0v) is 11.8. The quantitative estimate of drug-likeness (QED) is 0.786. The van der Waals surface area contributed by atoms with Crippen LogP contribution in [0.1, 0.15) is 46.9 Å². The van der Waals surface area contributed by atoms with Gasteiger partial charge in [0.1, 0.15) is 0 Å². The molecule has 112 valence electrons. The van der Waals surface area contributed by atoms with Gasteiger partial charge in [0.25, 0.3) is 11.8 Å². The maximum Gasteiger partial charge on any atom is 0.404 e. The molecule has 0 bridgehead atoms. The van der Waals surface area contributed by atoms with E-state index in [1.165, 1.54) is 0 Å². The van der Waals surface area contributed by atoms with Crippen molar-refractivity contribution in [2.75, 3.05) is 6.54 Å². The van der Waals surface area contributed by atoms with Gasteiger partial charge < -0.3 is 10.4 Å². The molecule has 0 saturated heterocycles. The Morgan fingerprint density at radius 3 is 2.29 bits per heavy atom. The number of hydrogen-bond acceptors (Lipinski definition) is 3. The number of rotatable bonds is 6. The second-order valence-electron chi connectivity index (χ2n) is 5.06. The molecule has 1 aromatic carbocycles. The van der Waals surface area contributed by atoms with Gasteiger partial charge in [0.05, 0.1) is 17.2 Å². The van der Waals surface area contributed by atoms with Crippen LogP contribution in [0.3, 0.4) is 0 Å². The molecule has 1 heterocycles. The fourth-order valence-electron chi connectivity index (χ4n) is 2.46. The van der Waals surface area contributed by atoms with Gasteiger partial charge in [-0.15, -0.1) is 0 Å². The number of imide groups is 1. The molecule has 1 aromatic rings. The molecule has 2 N–H and O–H groups in total. The third-order valence-electron chi connectivity index (χ3n) is 3.51. The highest BCUT2D eigenvalue weighted by atomic mass is 16.4. The van der Waals surface area contributed by atoms with Crippen LogP contribution < -0.4 is 5.32 Å². The molecule has 0 aromatic heterocycles. The van der Waals surface area contributed by atoms with Crippen LogP contribution in [-0.2, 0) is 0 Å². The summed E-state index contributed by atoms with van der Waals surface area (Å²) in [5.74, 6) is -0.714. The lowest BCUT2D eigenvalue weighted by atomic mass is 10.1. The Kier molecular flexibility index (Phi) is 4.57. The standard InChI is InChI=1S/C15H18N2O4/c1-2-3-6-10(16-15(20)21)9-17-13(18)11-7-4-5-8-12(11)14(17)19/h4-5,7-8,10,16H,2-3,6,9H2,1H3,(H,20,21)/t10-/m1/s1. The Morgan fingerprint density at radius 1 is 1.24 bits per heavy atom. The molecule has 1 aliphatic rings. The van der Waals surface area contributed by atoms with Gasteiger partial charge in [-0.3, -0.25) is 14.5 Å². The molecule has 0 spiro atoms. The third-order valence-corrected chi connectivity index (χ3v) is 3.51. The summed E-state index contributed by atoms with van der Waals surface area (Å²) in [5.41, 5.74) is 0.763.